The van der Waals surface area contributed by atoms with Crippen molar-refractivity contribution in [1.82, 2.24) is 5.16 Å². The summed E-state index contributed by atoms with van der Waals surface area (Å²) in [7, 11) is 3.26. The molecular formula is C12H14N2O3. The molecule has 17 heavy (non-hydrogen) atoms. The summed E-state index contributed by atoms with van der Waals surface area (Å²) in [5.41, 5.74) is 8.31. The number of aromatic nitrogens is 1. The van der Waals surface area contributed by atoms with Gasteiger partial charge in [0.05, 0.1) is 25.5 Å². The van der Waals surface area contributed by atoms with Crippen molar-refractivity contribution in [2.24, 2.45) is 0 Å². The highest BCUT2D eigenvalue weighted by molar-refractivity contribution is 5.73. The van der Waals surface area contributed by atoms with E-state index in [0.29, 0.717) is 12.5 Å². The van der Waals surface area contributed by atoms with Crippen LogP contribution < -0.4 is 10.5 Å². The first kappa shape index (κ1) is 11.5. The minimum absolute atomic E-state index is 0.298. The Morgan fingerprint density at radius 2 is 2.18 bits per heavy atom. The Morgan fingerprint density at radius 3 is 2.76 bits per heavy atom. The molecule has 0 aliphatic heterocycles. The van der Waals surface area contributed by atoms with Gasteiger partial charge in [-0.15, -0.1) is 0 Å². The lowest BCUT2D eigenvalue weighted by Gasteiger charge is -2.09. The number of nitrogens with zero attached hydrogens (tertiary/aromatic N) is 1. The Bertz CT molecular complexity index is 508. The molecule has 0 bridgehead atoms. The van der Waals surface area contributed by atoms with Crippen LogP contribution in [-0.4, -0.2) is 19.4 Å². The van der Waals surface area contributed by atoms with E-state index in [0.717, 1.165) is 22.4 Å². The molecule has 0 radical (unpaired) electrons. The third-order valence-electron chi connectivity index (χ3n) is 2.50. The fourth-order valence-corrected chi connectivity index (χ4v) is 1.65. The van der Waals surface area contributed by atoms with E-state index < -0.39 is 0 Å². The highest BCUT2D eigenvalue weighted by atomic mass is 16.5. The number of ether oxygens (including phenoxy) is 2. The maximum atomic E-state index is 5.67. The van der Waals surface area contributed by atoms with Crippen molar-refractivity contribution in [2.45, 2.75) is 6.61 Å². The number of rotatable bonds is 4. The van der Waals surface area contributed by atoms with Crippen molar-refractivity contribution in [1.29, 1.82) is 0 Å². The van der Waals surface area contributed by atoms with Gasteiger partial charge in [-0.05, 0) is 11.6 Å². The van der Waals surface area contributed by atoms with Gasteiger partial charge < -0.3 is 19.7 Å². The van der Waals surface area contributed by atoms with Gasteiger partial charge in [0.1, 0.15) is 5.75 Å². The van der Waals surface area contributed by atoms with Crippen LogP contribution >= 0.6 is 0 Å². The van der Waals surface area contributed by atoms with E-state index in [1.807, 2.05) is 18.2 Å². The highest BCUT2D eigenvalue weighted by Crippen LogP contribution is 2.30. The van der Waals surface area contributed by atoms with Crippen LogP contribution in [0.15, 0.2) is 28.9 Å². The Balaban J connectivity index is 2.41. The first-order chi connectivity index (χ1) is 8.26. The number of anilines is 1. The summed E-state index contributed by atoms with van der Waals surface area (Å²) in [6, 6.07) is 5.75. The lowest BCUT2D eigenvalue weighted by Crippen LogP contribution is -1.94. The monoisotopic (exact) mass is 234 g/mol. The Morgan fingerprint density at radius 1 is 1.35 bits per heavy atom. The molecule has 2 aromatic rings. The maximum absolute atomic E-state index is 5.67. The van der Waals surface area contributed by atoms with E-state index in [-0.39, 0.29) is 0 Å². The summed E-state index contributed by atoms with van der Waals surface area (Å²) >= 11 is 0. The number of hydrogen-bond donors (Lipinski definition) is 1. The predicted molar refractivity (Wildman–Crippen MR) is 63.6 cm³/mol. The summed E-state index contributed by atoms with van der Waals surface area (Å²) in [6.07, 6.45) is 1.58. The third-order valence-corrected chi connectivity index (χ3v) is 2.50. The molecule has 0 fully saturated rings. The van der Waals surface area contributed by atoms with Gasteiger partial charge in [0, 0.05) is 12.7 Å². The third kappa shape index (κ3) is 2.24. The van der Waals surface area contributed by atoms with Gasteiger partial charge >= 0.3 is 0 Å². The van der Waals surface area contributed by atoms with Crippen LogP contribution in [0, 0.1) is 0 Å². The molecule has 0 amide bonds. The first-order valence-corrected chi connectivity index (χ1v) is 5.12. The smallest absolute Gasteiger partial charge is 0.229 e. The topological polar surface area (TPSA) is 70.5 Å². The molecule has 2 rings (SSSR count). The molecule has 0 atom stereocenters. The molecule has 0 saturated carbocycles. The number of benzene rings is 1. The summed E-state index contributed by atoms with van der Waals surface area (Å²) in [5.74, 6) is 1.05. The zero-order chi connectivity index (χ0) is 12.3. The number of methoxy groups -OCH3 is 2. The van der Waals surface area contributed by atoms with Gasteiger partial charge in [0.25, 0.3) is 0 Å². The van der Waals surface area contributed by atoms with E-state index in [1.54, 1.807) is 20.4 Å². The summed E-state index contributed by atoms with van der Waals surface area (Å²) in [6.45, 7) is 0.503. The fourth-order valence-electron chi connectivity index (χ4n) is 1.65. The van der Waals surface area contributed by atoms with Gasteiger partial charge in [-0.3, -0.25) is 0 Å². The van der Waals surface area contributed by atoms with Crippen molar-refractivity contribution >= 4 is 5.88 Å². The lowest BCUT2D eigenvalue weighted by molar-refractivity contribution is 0.181. The maximum Gasteiger partial charge on any atom is 0.229 e. The summed E-state index contributed by atoms with van der Waals surface area (Å²) in [5, 5.41) is 3.65. The van der Waals surface area contributed by atoms with Crippen LogP contribution in [0.1, 0.15) is 5.56 Å². The van der Waals surface area contributed by atoms with Gasteiger partial charge in [-0.1, -0.05) is 17.3 Å². The van der Waals surface area contributed by atoms with Crippen LogP contribution in [0.5, 0.6) is 5.75 Å². The molecule has 5 heteroatoms. The van der Waals surface area contributed by atoms with Crippen molar-refractivity contribution < 1.29 is 14.0 Å². The van der Waals surface area contributed by atoms with Gasteiger partial charge in [-0.2, -0.15) is 0 Å². The molecular weight excluding hydrogens is 220 g/mol. The van der Waals surface area contributed by atoms with E-state index in [4.69, 9.17) is 19.7 Å². The SMILES string of the molecule is COCc1ccc(-c2cnoc2N)cc1OC. The lowest BCUT2D eigenvalue weighted by atomic mass is 10.1. The van der Waals surface area contributed by atoms with Crippen LogP contribution in [0.3, 0.4) is 0 Å². The standard InChI is InChI=1S/C12H14N2O3/c1-15-7-9-4-3-8(5-11(9)16-2)10-6-14-17-12(10)13/h3-6H,7,13H2,1-2H3. The van der Waals surface area contributed by atoms with Crippen LogP contribution in [0.25, 0.3) is 11.1 Å². The second-order valence-electron chi connectivity index (χ2n) is 3.56. The second-order valence-corrected chi connectivity index (χ2v) is 3.56. The Labute approximate surface area is 99.1 Å². The number of hydrogen-bond acceptors (Lipinski definition) is 5. The minimum Gasteiger partial charge on any atom is -0.496 e. The summed E-state index contributed by atoms with van der Waals surface area (Å²) in [4.78, 5) is 0. The van der Waals surface area contributed by atoms with E-state index in [2.05, 4.69) is 5.16 Å². The number of nitrogen functional groups attached to an aromatic ring is 1. The van der Waals surface area contributed by atoms with Crippen molar-refractivity contribution in [3.8, 4) is 16.9 Å². The molecule has 0 saturated heterocycles. The molecule has 0 spiro atoms. The summed E-state index contributed by atoms with van der Waals surface area (Å²) < 4.78 is 15.2. The Hall–Kier alpha value is -2.01. The predicted octanol–water partition coefficient (Wildman–Crippen LogP) is 2.08. The average molecular weight is 234 g/mol. The zero-order valence-electron chi connectivity index (χ0n) is 9.77. The quantitative estimate of drug-likeness (QED) is 0.876. The van der Waals surface area contributed by atoms with Crippen LogP contribution in [0.4, 0.5) is 5.88 Å². The molecule has 1 heterocycles. The largest absolute Gasteiger partial charge is 0.496 e. The van der Waals surface area contributed by atoms with Gasteiger partial charge in [0.15, 0.2) is 0 Å². The van der Waals surface area contributed by atoms with Crippen LogP contribution in [-0.2, 0) is 11.3 Å². The van der Waals surface area contributed by atoms with E-state index in [1.165, 1.54) is 0 Å². The van der Waals surface area contributed by atoms with Gasteiger partial charge in [0.2, 0.25) is 5.88 Å². The molecule has 90 valence electrons. The first-order valence-electron chi connectivity index (χ1n) is 5.12. The Kier molecular flexibility index (Phi) is 3.30. The molecule has 0 unspecified atom stereocenters. The number of nitrogens with two attached hydrogens (primary N) is 1. The highest BCUT2D eigenvalue weighted by Gasteiger charge is 2.10. The normalized spacial score (nSPS) is 10.5. The van der Waals surface area contributed by atoms with Crippen LogP contribution in [0.2, 0.25) is 0 Å². The molecule has 0 aliphatic carbocycles. The molecule has 1 aromatic heterocycles. The minimum atomic E-state index is 0.298. The average Bonchev–Trinajstić information content (AvgIpc) is 2.76. The fraction of sp³-hybridized carbons (Fsp3) is 0.250. The van der Waals surface area contributed by atoms with Crippen molar-refractivity contribution in [3.05, 3.63) is 30.0 Å². The molecule has 0 aliphatic rings. The molecule has 2 N–H and O–H groups in total. The van der Waals surface area contributed by atoms with E-state index >= 15 is 0 Å². The van der Waals surface area contributed by atoms with Gasteiger partial charge in [-0.25, -0.2) is 0 Å². The molecule has 1 aromatic carbocycles. The molecule has 5 nitrogen and oxygen atoms in total. The van der Waals surface area contributed by atoms with E-state index in [9.17, 15) is 0 Å². The van der Waals surface area contributed by atoms with Crippen molar-refractivity contribution in [3.63, 3.8) is 0 Å². The second kappa shape index (κ2) is 4.88. The van der Waals surface area contributed by atoms with Crippen molar-refractivity contribution in [2.75, 3.05) is 20.0 Å². The zero-order valence-corrected chi connectivity index (χ0v) is 9.77.